The Morgan fingerprint density at radius 2 is 2.11 bits per heavy atom. The second kappa shape index (κ2) is 6.69. The minimum Gasteiger partial charge on any atom is -0.398 e. The predicted molar refractivity (Wildman–Crippen MR) is 79.2 cm³/mol. The smallest absolute Gasteiger partial charge is 0.244 e. The zero-order chi connectivity index (χ0) is 14.6. The molecule has 2 unspecified atom stereocenters. The zero-order valence-electron chi connectivity index (χ0n) is 10.7. The van der Waals surface area contributed by atoms with Gasteiger partial charge < -0.3 is 5.73 Å². The highest BCUT2D eigenvalue weighted by molar-refractivity contribution is 7.89. The van der Waals surface area contributed by atoms with E-state index in [9.17, 15) is 12.6 Å². The molecule has 1 aromatic carbocycles. The fourth-order valence-corrected chi connectivity index (χ4v) is 4.18. The van der Waals surface area contributed by atoms with Crippen LogP contribution >= 0.6 is 11.6 Å². The van der Waals surface area contributed by atoms with Gasteiger partial charge in [-0.25, -0.2) is 13.1 Å². The fourth-order valence-electron chi connectivity index (χ4n) is 1.53. The summed E-state index contributed by atoms with van der Waals surface area (Å²) in [5.74, 6) is 0.432. The van der Waals surface area contributed by atoms with Gasteiger partial charge in [-0.2, -0.15) is 0 Å². The minimum atomic E-state index is -3.77. The molecule has 0 aromatic heterocycles. The molecule has 2 atom stereocenters. The van der Waals surface area contributed by atoms with Crippen molar-refractivity contribution in [1.29, 1.82) is 0 Å². The SMILES string of the molecule is CC(CCS(C)=O)NS(=O)(=O)c1c(N)cccc1Cl. The number of nitrogens with two attached hydrogens (primary N) is 1. The summed E-state index contributed by atoms with van der Waals surface area (Å²) in [5, 5.41) is 0.0822. The minimum absolute atomic E-state index is 0.0822. The molecule has 0 radical (unpaired) electrons. The van der Waals surface area contributed by atoms with Gasteiger partial charge in [-0.05, 0) is 25.5 Å². The van der Waals surface area contributed by atoms with Crippen molar-refractivity contribution >= 4 is 38.1 Å². The molecular formula is C11H17ClN2O3S2. The Hall–Kier alpha value is -0.630. The average molecular weight is 325 g/mol. The van der Waals surface area contributed by atoms with Gasteiger partial charge in [0.05, 0.1) is 10.7 Å². The maximum atomic E-state index is 12.2. The van der Waals surface area contributed by atoms with E-state index in [1.54, 1.807) is 19.2 Å². The summed E-state index contributed by atoms with van der Waals surface area (Å²) in [6, 6.07) is 4.19. The van der Waals surface area contributed by atoms with Crippen LogP contribution in [0.5, 0.6) is 0 Å². The standard InChI is InChI=1S/C11H17ClN2O3S2/c1-8(6-7-18(2)15)14-19(16,17)11-9(12)4-3-5-10(11)13/h3-5,8,14H,6-7,13H2,1-2H3. The van der Waals surface area contributed by atoms with Crippen LogP contribution in [0.1, 0.15) is 13.3 Å². The van der Waals surface area contributed by atoms with Crippen LogP contribution in [0.4, 0.5) is 5.69 Å². The number of hydrogen-bond donors (Lipinski definition) is 2. The maximum Gasteiger partial charge on any atom is 0.244 e. The second-order valence-corrected chi connectivity index (χ2v) is 7.86. The van der Waals surface area contributed by atoms with Crippen LogP contribution in [-0.2, 0) is 20.8 Å². The van der Waals surface area contributed by atoms with Crippen LogP contribution in [0.2, 0.25) is 5.02 Å². The first-order chi connectivity index (χ1) is 8.74. The van der Waals surface area contributed by atoms with Crippen LogP contribution in [0.15, 0.2) is 23.1 Å². The van der Waals surface area contributed by atoms with Crippen LogP contribution < -0.4 is 10.5 Å². The van der Waals surface area contributed by atoms with Crippen molar-refractivity contribution in [3.8, 4) is 0 Å². The number of sulfonamides is 1. The van der Waals surface area contributed by atoms with Gasteiger partial charge in [0, 0.05) is 28.9 Å². The molecule has 3 N–H and O–H groups in total. The Kier molecular flexibility index (Phi) is 5.79. The second-order valence-electron chi connectivity index (χ2n) is 4.25. The normalized spacial score (nSPS) is 15.1. The van der Waals surface area contributed by atoms with Crippen molar-refractivity contribution in [2.24, 2.45) is 0 Å². The molecule has 0 saturated heterocycles. The van der Waals surface area contributed by atoms with Crippen LogP contribution in [0, 0.1) is 0 Å². The quantitative estimate of drug-likeness (QED) is 0.773. The summed E-state index contributed by atoms with van der Waals surface area (Å²) in [6.45, 7) is 1.71. The molecule has 5 nitrogen and oxygen atoms in total. The van der Waals surface area contributed by atoms with Crippen molar-refractivity contribution in [3.05, 3.63) is 23.2 Å². The van der Waals surface area contributed by atoms with E-state index in [0.29, 0.717) is 12.2 Å². The van der Waals surface area contributed by atoms with Crippen LogP contribution in [0.25, 0.3) is 0 Å². The van der Waals surface area contributed by atoms with Gasteiger partial charge in [-0.3, -0.25) is 4.21 Å². The number of nitrogen functional groups attached to an aromatic ring is 1. The Balaban J connectivity index is 2.90. The summed E-state index contributed by atoms with van der Waals surface area (Å²) in [4.78, 5) is -0.110. The number of rotatable bonds is 6. The predicted octanol–water partition coefficient (Wildman–Crippen LogP) is 1.36. The van der Waals surface area contributed by atoms with E-state index in [2.05, 4.69) is 4.72 Å². The van der Waals surface area contributed by atoms with Gasteiger partial charge in [0.1, 0.15) is 4.90 Å². The summed E-state index contributed by atoms with van der Waals surface area (Å²) >= 11 is 5.88. The van der Waals surface area contributed by atoms with E-state index in [1.165, 1.54) is 12.1 Å². The molecule has 8 heteroatoms. The summed E-state index contributed by atoms with van der Waals surface area (Å²) in [7, 11) is -4.73. The van der Waals surface area contributed by atoms with E-state index in [4.69, 9.17) is 17.3 Å². The molecule has 0 saturated carbocycles. The third-order valence-corrected chi connectivity index (χ3v) is 5.40. The fraction of sp³-hybridized carbons (Fsp3) is 0.455. The van der Waals surface area contributed by atoms with Gasteiger partial charge in [0.2, 0.25) is 10.0 Å². The topological polar surface area (TPSA) is 89.3 Å². The van der Waals surface area contributed by atoms with Crippen LogP contribution in [-0.4, -0.2) is 30.7 Å². The highest BCUT2D eigenvalue weighted by atomic mass is 35.5. The Labute approximate surface area is 121 Å². The zero-order valence-corrected chi connectivity index (χ0v) is 13.1. The highest BCUT2D eigenvalue weighted by Crippen LogP contribution is 2.27. The van der Waals surface area contributed by atoms with Gasteiger partial charge in [0.25, 0.3) is 0 Å². The Bertz CT molecular complexity index is 555. The molecule has 108 valence electrons. The van der Waals surface area contributed by atoms with Crippen molar-refractivity contribution in [3.63, 3.8) is 0 Å². The largest absolute Gasteiger partial charge is 0.398 e. The highest BCUT2D eigenvalue weighted by Gasteiger charge is 2.22. The number of halogens is 1. The lowest BCUT2D eigenvalue weighted by atomic mass is 10.3. The number of anilines is 1. The summed E-state index contributed by atoms with van der Waals surface area (Å²) in [5.41, 5.74) is 5.76. The van der Waals surface area contributed by atoms with Gasteiger partial charge in [-0.1, -0.05) is 17.7 Å². The van der Waals surface area contributed by atoms with E-state index in [-0.39, 0.29) is 21.6 Å². The van der Waals surface area contributed by atoms with E-state index in [1.807, 2.05) is 0 Å². The molecule has 0 fully saturated rings. The van der Waals surface area contributed by atoms with Crippen LogP contribution in [0.3, 0.4) is 0 Å². The number of hydrogen-bond acceptors (Lipinski definition) is 4. The first-order valence-corrected chi connectivity index (χ1v) is 9.19. The third kappa shape index (κ3) is 4.76. The molecule has 0 bridgehead atoms. The molecule has 0 spiro atoms. The van der Waals surface area contributed by atoms with Gasteiger partial charge >= 0.3 is 0 Å². The monoisotopic (exact) mass is 324 g/mol. The van der Waals surface area contributed by atoms with Crippen molar-refractivity contribution in [1.82, 2.24) is 4.72 Å². The summed E-state index contributed by atoms with van der Waals surface area (Å²) in [6.07, 6.45) is 2.06. The first-order valence-electron chi connectivity index (χ1n) is 5.60. The van der Waals surface area contributed by atoms with Crippen molar-refractivity contribution < 1.29 is 12.6 Å². The molecule has 0 aliphatic carbocycles. The van der Waals surface area contributed by atoms with Gasteiger partial charge in [-0.15, -0.1) is 0 Å². The number of benzene rings is 1. The van der Waals surface area contributed by atoms with Crippen molar-refractivity contribution in [2.75, 3.05) is 17.7 Å². The molecule has 19 heavy (non-hydrogen) atoms. The van der Waals surface area contributed by atoms with E-state index < -0.39 is 20.8 Å². The lowest BCUT2D eigenvalue weighted by molar-refractivity contribution is 0.556. The molecule has 0 amide bonds. The molecular weight excluding hydrogens is 308 g/mol. The third-order valence-electron chi connectivity index (χ3n) is 2.46. The lowest BCUT2D eigenvalue weighted by Gasteiger charge is -2.15. The van der Waals surface area contributed by atoms with E-state index >= 15 is 0 Å². The summed E-state index contributed by atoms with van der Waals surface area (Å²) < 4.78 is 37.8. The maximum absolute atomic E-state index is 12.2. The number of nitrogens with one attached hydrogen (secondary N) is 1. The lowest BCUT2D eigenvalue weighted by Crippen LogP contribution is -2.34. The molecule has 1 aromatic rings. The molecule has 0 heterocycles. The Morgan fingerprint density at radius 3 is 2.63 bits per heavy atom. The molecule has 0 aliphatic rings. The van der Waals surface area contributed by atoms with Crippen molar-refractivity contribution in [2.45, 2.75) is 24.3 Å². The molecule has 1 rings (SSSR count). The first kappa shape index (κ1) is 16.4. The average Bonchev–Trinajstić information content (AvgIpc) is 2.25. The Morgan fingerprint density at radius 1 is 1.47 bits per heavy atom. The van der Waals surface area contributed by atoms with Gasteiger partial charge in [0.15, 0.2) is 0 Å². The molecule has 0 aliphatic heterocycles. The van der Waals surface area contributed by atoms with E-state index in [0.717, 1.165) is 0 Å².